The van der Waals surface area contributed by atoms with Gasteiger partial charge in [0.25, 0.3) is 5.69 Å². The van der Waals surface area contributed by atoms with E-state index >= 15 is 0 Å². The minimum absolute atomic E-state index is 0.157. The maximum atomic E-state index is 10.3. The second-order valence-electron chi connectivity index (χ2n) is 2.57. The highest BCUT2D eigenvalue weighted by molar-refractivity contribution is 7.95. The fourth-order valence-corrected chi connectivity index (χ4v) is 1.52. The molecule has 0 fully saturated rings. The first-order valence-electron chi connectivity index (χ1n) is 3.43. The van der Waals surface area contributed by atoms with Crippen molar-refractivity contribution < 1.29 is 4.92 Å². The van der Waals surface area contributed by atoms with Crippen molar-refractivity contribution in [2.24, 2.45) is 0 Å². The molecule has 0 aromatic heterocycles. The molecule has 1 rings (SSSR count). The van der Waals surface area contributed by atoms with E-state index in [2.05, 4.69) is 12.5 Å². The smallest absolute Gasteiger partial charge is 0.258 e. The fourth-order valence-electron chi connectivity index (χ4n) is 0.840. The number of hydrogen-bond donors (Lipinski definition) is 0. The number of nitro benzene ring substituents is 1. The quantitative estimate of drug-likeness (QED) is 0.400. The Bertz CT molecular complexity index is 282. The van der Waals surface area contributed by atoms with Crippen LogP contribution < -0.4 is 0 Å². The van der Waals surface area contributed by atoms with E-state index in [1.807, 2.05) is 0 Å². The summed E-state index contributed by atoms with van der Waals surface area (Å²) in [4.78, 5) is 11.1. The largest absolute Gasteiger partial charge is 0.269 e. The summed E-state index contributed by atoms with van der Waals surface area (Å²) in [5.74, 6) is 0. The van der Waals surface area contributed by atoms with E-state index in [-0.39, 0.29) is 21.5 Å². The Hall–Kier alpha value is -1.03. The first-order valence-corrected chi connectivity index (χ1v) is 5.47. The van der Waals surface area contributed by atoms with Crippen LogP contribution in [-0.4, -0.2) is 17.4 Å². The lowest BCUT2D eigenvalue weighted by molar-refractivity contribution is -0.384. The summed E-state index contributed by atoms with van der Waals surface area (Å²) in [6.45, 7) is 0. The lowest BCUT2D eigenvalue weighted by Gasteiger charge is -1.94. The minimum atomic E-state index is -0.382. The van der Waals surface area contributed by atoms with Crippen molar-refractivity contribution in [1.29, 1.82) is 0 Å². The van der Waals surface area contributed by atoms with Crippen LogP contribution in [-0.2, 0) is 10.9 Å². The SMILES string of the molecule is C[S+](C)c1ccc([N+](=O)[O-])cc1. The molecule has 0 aliphatic rings. The Balaban J connectivity index is 2.93. The minimum Gasteiger partial charge on any atom is -0.258 e. The van der Waals surface area contributed by atoms with E-state index in [0.717, 1.165) is 4.90 Å². The third-order valence-corrected chi connectivity index (χ3v) is 2.73. The highest BCUT2D eigenvalue weighted by Crippen LogP contribution is 2.15. The van der Waals surface area contributed by atoms with Gasteiger partial charge in [-0.25, -0.2) is 0 Å². The number of benzene rings is 1. The lowest BCUT2D eigenvalue weighted by Crippen LogP contribution is -1.95. The van der Waals surface area contributed by atoms with Gasteiger partial charge in [0.2, 0.25) is 0 Å². The molecule has 0 unspecified atom stereocenters. The molecule has 0 spiro atoms. The van der Waals surface area contributed by atoms with Gasteiger partial charge in [0.15, 0.2) is 4.90 Å². The number of hydrogen-bond acceptors (Lipinski definition) is 2. The average molecular weight is 184 g/mol. The first-order chi connectivity index (χ1) is 5.61. The standard InChI is InChI=1S/C8H10NO2S/c1-12(2)8-5-3-7(4-6-8)9(10)11/h3-6H,1-2H3/q+1. The van der Waals surface area contributed by atoms with Crippen LogP contribution in [0.5, 0.6) is 0 Å². The predicted octanol–water partition coefficient (Wildman–Crippen LogP) is 1.83. The molecule has 0 radical (unpaired) electrons. The maximum absolute atomic E-state index is 10.3. The van der Waals surface area contributed by atoms with Crippen molar-refractivity contribution in [2.45, 2.75) is 4.90 Å². The molecule has 0 amide bonds. The van der Waals surface area contributed by atoms with Crippen molar-refractivity contribution >= 4 is 16.6 Å². The molecule has 0 heterocycles. The Morgan fingerprint density at radius 2 is 1.75 bits per heavy atom. The molecule has 0 aliphatic carbocycles. The summed E-state index contributed by atoms with van der Waals surface area (Å²) in [5.41, 5.74) is 0.157. The molecule has 3 nitrogen and oxygen atoms in total. The van der Waals surface area contributed by atoms with Gasteiger partial charge in [0.1, 0.15) is 12.5 Å². The molecule has 12 heavy (non-hydrogen) atoms. The fraction of sp³-hybridized carbons (Fsp3) is 0.250. The Morgan fingerprint density at radius 3 is 2.08 bits per heavy atom. The van der Waals surface area contributed by atoms with Crippen LogP contribution in [0, 0.1) is 10.1 Å². The number of nitrogens with zero attached hydrogens (tertiary/aromatic N) is 1. The normalized spacial score (nSPS) is 10.2. The van der Waals surface area contributed by atoms with Gasteiger partial charge >= 0.3 is 0 Å². The summed E-state index contributed by atoms with van der Waals surface area (Å²) >= 11 is 0. The lowest BCUT2D eigenvalue weighted by atomic mass is 10.3. The van der Waals surface area contributed by atoms with E-state index in [1.54, 1.807) is 24.3 Å². The van der Waals surface area contributed by atoms with Crippen molar-refractivity contribution in [1.82, 2.24) is 0 Å². The number of non-ortho nitro benzene ring substituents is 1. The van der Waals surface area contributed by atoms with Crippen molar-refractivity contribution in [3.05, 3.63) is 34.4 Å². The van der Waals surface area contributed by atoms with Gasteiger partial charge in [-0.05, 0) is 12.1 Å². The number of rotatable bonds is 2. The molecule has 64 valence electrons. The zero-order valence-electron chi connectivity index (χ0n) is 6.98. The molecule has 0 saturated heterocycles. The van der Waals surface area contributed by atoms with Gasteiger partial charge in [-0.1, -0.05) is 0 Å². The van der Waals surface area contributed by atoms with Crippen LogP contribution in [0.3, 0.4) is 0 Å². The summed E-state index contributed by atoms with van der Waals surface area (Å²) in [6.07, 6.45) is 4.17. The van der Waals surface area contributed by atoms with Gasteiger partial charge in [0, 0.05) is 23.0 Å². The second kappa shape index (κ2) is 3.58. The highest BCUT2D eigenvalue weighted by Gasteiger charge is 2.10. The number of nitro groups is 1. The summed E-state index contributed by atoms with van der Waals surface area (Å²) in [6, 6.07) is 6.70. The molecule has 0 bridgehead atoms. The zero-order valence-corrected chi connectivity index (χ0v) is 7.80. The van der Waals surface area contributed by atoms with Gasteiger partial charge in [-0.2, -0.15) is 0 Å². The zero-order chi connectivity index (χ0) is 9.14. The molecule has 4 heteroatoms. The highest BCUT2D eigenvalue weighted by atomic mass is 32.2. The Labute approximate surface area is 73.9 Å². The van der Waals surface area contributed by atoms with Crippen LogP contribution in [0.25, 0.3) is 0 Å². The molecule has 0 atom stereocenters. The third kappa shape index (κ3) is 1.98. The topological polar surface area (TPSA) is 43.1 Å². The first kappa shape index (κ1) is 9.06. The summed E-state index contributed by atoms with van der Waals surface area (Å²) in [7, 11) is 0.177. The van der Waals surface area contributed by atoms with Gasteiger partial charge < -0.3 is 0 Å². The molecule has 0 N–H and O–H groups in total. The predicted molar refractivity (Wildman–Crippen MR) is 50.6 cm³/mol. The Morgan fingerprint density at radius 1 is 1.25 bits per heavy atom. The van der Waals surface area contributed by atoms with Crippen LogP contribution >= 0.6 is 0 Å². The monoisotopic (exact) mass is 184 g/mol. The van der Waals surface area contributed by atoms with E-state index in [0.29, 0.717) is 0 Å². The summed E-state index contributed by atoms with van der Waals surface area (Å²) < 4.78 is 0. The van der Waals surface area contributed by atoms with Crippen LogP contribution in [0.4, 0.5) is 5.69 Å². The van der Waals surface area contributed by atoms with Gasteiger partial charge in [-0.15, -0.1) is 0 Å². The van der Waals surface area contributed by atoms with Crippen molar-refractivity contribution in [3.63, 3.8) is 0 Å². The van der Waals surface area contributed by atoms with Gasteiger partial charge in [-0.3, -0.25) is 10.1 Å². The van der Waals surface area contributed by atoms with Gasteiger partial charge in [0.05, 0.1) is 4.92 Å². The van der Waals surface area contributed by atoms with Crippen molar-refractivity contribution in [2.75, 3.05) is 12.5 Å². The van der Waals surface area contributed by atoms with Crippen LogP contribution in [0.15, 0.2) is 29.2 Å². The van der Waals surface area contributed by atoms with E-state index < -0.39 is 0 Å². The van der Waals surface area contributed by atoms with E-state index in [4.69, 9.17) is 0 Å². The molecular formula is C8H10NO2S+. The molecule has 1 aromatic rings. The molecule has 0 aliphatic heterocycles. The molecule has 0 saturated carbocycles. The van der Waals surface area contributed by atoms with Crippen LogP contribution in [0.1, 0.15) is 0 Å². The second-order valence-corrected chi connectivity index (χ2v) is 4.67. The molecule has 1 aromatic carbocycles. The Kier molecular flexibility index (Phi) is 2.70. The van der Waals surface area contributed by atoms with E-state index in [1.165, 1.54) is 0 Å². The van der Waals surface area contributed by atoms with Crippen molar-refractivity contribution in [3.8, 4) is 0 Å². The summed E-state index contributed by atoms with van der Waals surface area (Å²) in [5, 5.41) is 10.3. The van der Waals surface area contributed by atoms with E-state index in [9.17, 15) is 10.1 Å². The van der Waals surface area contributed by atoms with Crippen LogP contribution in [0.2, 0.25) is 0 Å². The maximum Gasteiger partial charge on any atom is 0.269 e. The molecular weight excluding hydrogens is 174 g/mol. The average Bonchev–Trinajstić information content (AvgIpc) is 2.04. The third-order valence-electron chi connectivity index (χ3n) is 1.52.